The van der Waals surface area contributed by atoms with Gasteiger partial charge in [-0.05, 0) is 43.2 Å². The second-order valence-corrected chi connectivity index (χ2v) is 6.41. The normalized spacial score (nSPS) is 10.7. The first-order valence-corrected chi connectivity index (χ1v) is 8.30. The number of anilines is 1. The van der Waals surface area contributed by atoms with E-state index in [9.17, 15) is 4.79 Å². The van der Waals surface area contributed by atoms with Gasteiger partial charge in [0.2, 0.25) is 0 Å². The van der Waals surface area contributed by atoms with E-state index in [1.165, 1.54) is 11.3 Å². The molecule has 0 unspecified atom stereocenters. The number of nitrogens with one attached hydrogen (secondary N) is 1. The van der Waals surface area contributed by atoms with E-state index < -0.39 is 0 Å². The fraction of sp³-hybridized carbons (Fsp3) is 0.235. The number of pyridine rings is 1. The van der Waals surface area contributed by atoms with Crippen LogP contribution in [-0.4, -0.2) is 20.4 Å². The number of hydrogen-bond donors (Lipinski definition) is 1. The lowest BCUT2D eigenvalue weighted by molar-refractivity contribution is 0.101. The van der Waals surface area contributed by atoms with Gasteiger partial charge in [-0.25, -0.2) is 4.98 Å². The van der Waals surface area contributed by atoms with Crippen LogP contribution in [0.1, 0.15) is 33.5 Å². The van der Waals surface area contributed by atoms with Gasteiger partial charge in [-0.2, -0.15) is 0 Å². The minimum absolute atomic E-state index is 0.138. The van der Waals surface area contributed by atoms with Gasteiger partial charge in [-0.15, -0.1) is 11.3 Å². The molecule has 3 rings (SSSR count). The Balaban J connectivity index is 1.76. The Labute approximate surface area is 139 Å². The van der Waals surface area contributed by atoms with Crippen LogP contribution < -0.4 is 5.32 Å². The van der Waals surface area contributed by atoms with Crippen LogP contribution in [0, 0.1) is 6.92 Å². The molecule has 3 aromatic rings. The third-order valence-electron chi connectivity index (χ3n) is 3.61. The molecular weight excluding hydrogens is 308 g/mol. The first-order chi connectivity index (χ1) is 11.2. The first kappa shape index (κ1) is 15.4. The van der Waals surface area contributed by atoms with E-state index in [4.69, 9.17) is 0 Å². The molecule has 0 atom stereocenters. The fourth-order valence-corrected chi connectivity index (χ4v) is 3.31. The number of nitrogens with zero attached hydrogens (tertiary/aromatic N) is 3. The quantitative estimate of drug-likeness (QED) is 0.780. The third-order valence-corrected chi connectivity index (χ3v) is 4.54. The summed E-state index contributed by atoms with van der Waals surface area (Å²) in [7, 11) is 0. The molecule has 1 N–H and O–H groups in total. The van der Waals surface area contributed by atoms with Crippen molar-refractivity contribution in [2.75, 3.05) is 5.32 Å². The molecule has 0 aliphatic rings. The molecule has 0 saturated heterocycles. The molecule has 3 aromatic heterocycles. The highest BCUT2D eigenvalue weighted by Gasteiger charge is 2.14. The number of hydrogen-bond acceptors (Lipinski definition) is 4. The zero-order valence-corrected chi connectivity index (χ0v) is 13.9. The lowest BCUT2D eigenvalue weighted by Gasteiger charge is -2.08. The van der Waals surface area contributed by atoms with Gasteiger partial charge in [0.25, 0.3) is 5.91 Å². The van der Waals surface area contributed by atoms with E-state index >= 15 is 0 Å². The second-order valence-electron chi connectivity index (χ2n) is 5.21. The van der Waals surface area contributed by atoms with Crippen molar-refractivity contribution in [1.82, 2.24) is 14.5 Å². The molecule has 0 aromatic carbocycles. The molecule has 3 heterocycles. The summed E-state index contributed by atoms with van der Waals surface area (Å²) in [6.07, 6.45) is 6.28. The highest BCUT2D eigenvalue weighted by molar-refractivity contribution is 7.15. The van der Waals surface area contributed by atoms with Crippen molar-refractivity contribution in [2.24, 2.45) is 0 Å². The maximum absolute atomic E-state index is 12.5. The van der Waals surface area contributed by atoms with Gasteiger partial charge in [-0.1, -0.05) is 6.92 Å². The molecule has 0 spiro atoms. The predicted molar refractivity (Wildman–Crippen MR) is 92.0 cm³/mol. The number of amides is 1. The lowest BCUT2D eigenvalue weighted by Crippen LogP contribution is -2.17. The number of carbonyl (C=O) groups is 1. The van der Waals surface area contributed by atoms with Crippen molar-refractivity contribution >= 4 is 22.4 Å². The topological polar surface area (TPSA) is 59.8 Å². The van der Waals surface area contributed by atoms with E-state index in [0.717, 1.165) is 22.6 Å². The molecule has 0 radical (unpaired) electrons. The van der Waals surface area contributed by atoms with E-state index in [1.54, 1.807) is 12.4 Å². The Morgan fingerprint density at radius 2 is 2.09 bits per heavy atom. The minimum atomic E-state index is -0.138. The number of rotatable bonds is 5. The Morgan fingerprint density at radius 3 is 2.78 bits per heavy atom. The summed E-state index contributed by atoms with van der Waals surface area (Å²) in [6, 6.07) is 7.58. The molecule has 1 amide bonds. The lowest BCUT2D eigenvalue weighted by atomic mass is 10.2. The fourth-order valence-electron chi connectivity index (χ4n) is 2.41. The van der Waals surface area contributed by atoms with Crippen LogP contribution in [0.25, 0.3) is 0 Å². The molecule has 0 saturated carbocycles. The standard InChI is InChI=1S/C17H18N4OS/c1-3-14-12(2)23-17(19-14)20-16(22)15-5-4-10-21(15)11-13-6-8-18-9-7-13/h4-10H,3,11H2,1-2H3,(H,19,20,22). The molecule has 0 fully saturated rings. The average Bonchev–Trinajstić information content (AvgIpc) is 3.14. The Morgan fingerprint density at radius 1 is 1.30 bits per heavy atom. The summed E-state index contributed by atoms with van der Waals surface area (Å²) < 4.78 is 1.92. The van der Waals surface area contributed by atoms with Crippen molar-refractivity contribution in [1.29, 1.82) is 0 Å². The molecular formula is C17H18N4OS. The van der Waals surface area contributed by atoms with Gasteiger partial charge in [0.15, 0.2) is 5.13 Å². The molecule has 6 heteroatoms. The maximum atomic E-state index is 12.5. The summed E-state index contributed by atoms with van der Waals surface area (Å²) in [5.74, 6) is -0.138. The largest absolute Gasteiger partial charge is 0.339 e. The second kappa shape index (κ2) is 6.75. The molecule has 0 bridgehead atoms. The van der Waals surface area contributed by atoms with Crippen molar-refractivity contribution in [3.63, 3.8) is 0 Å². The average molecular weight is 326 g/mol. The summed E-state index contributed by atoms with van der Waals surface area (Å²) in [4.78, 5) is 22.1. The van der Waals surface area contributed by atoms with Crippen molar-refractivity contribution in [2.45, 2.75) is 26.8 Å². The Hall–Kier alpha value is -2.47. The number of carbonyl (C=O) groups excluding carboxylic acids is 1. The maximum Gasteiger partial charge on any atom is 0.274 e. The van der Waals surface area contributed by atoms with E-state index in [-0.39, 0.29) is 5.91 Å². The van der Waals surface area contributed by atoms with E-state index in [2.05, 4.69) is 22.2 Å². The smallest absolute Gasteiger partial charge is 0.274 e. The summed E-state index contributed by atoms with van der Waals surface area (Å²) >= 11 is 1.51. The number of aromatic nitrogens is 3. The van der Waals surface area contributed by atoms with Crippen LogP contribution in [0.5, 0.6) is 0 Å². The SMILES string of the molecule is CCc1nc(NC(=O)c2cccn2Cc2ccncc2)sc1C. The summed E-state index contributed by atoms with van der Waals surface area (Å²) in [5, 5.41) is 3.56. The van der Waals surface area contributed by atoms with Gasteiger partial charge in [0.1, 0.15) is 5.69 Å². The van der Waals surface area contributed by atoms with E-state index in [1.807, 2.05) is 42.0 Å². The first-order valence-electron chi connectivity index (χ1n) is 7.49. The number of thiazole rings is 1. The Kier molecular flexibility index (Phi) is 4.52. The molecule has 118 valence electrons. The predicted octanol–water partition coefficient (Wildman–Crippen LogP) is 3.51. The van der Waals surface area contributed by atoms with E-state index in [0.29, 0.717) is 17.4 Å². The summed E-state index contributed by atoms with van der Waals surface area (Å²) in [5.41, 5.74) is 2.76. The summed E-state index contributed by atoms with van der Waals surface area (Å²) in [6.45, 7) is 4.72. The van der Waals surface area contributed by atoms with Crippen LogP contribution in [0.3, 0.4) is 0 Å². The van der Waals surface area contributed by atoms with Gasteiger partial charge in [0.05, 0.1) is 5.69 Å². The van der Waals surface area contributed by atoms with Gasteiger partial charge in [0, 0.05) is 30.0 Å². The van der Waals surface area contributed by atoms with Crippen LogP contribution in [0.15, 0.2) is 42.9 Å². The minimum Gasteiger partial charge on any atom is -0.339 e. The van der Waals surface area contributed by atoms with Crippen molar-refractivity contribution in [3.8, 4) is 0 Å². The van der Waals surface area contributed by atoms with Crippen molar-refractivity contribution < 1.29 is 4.79 Å². The van der Waals surface area contributed by atoms with Crippen LogP contribution in [0.2, 0.25) is 0 Å². The zero-order valence-electron chi connectivity index (χ0n) is 13.1. The van der Waals surface area contributed by atoms with Crippen LogP contribution in [-0.2, 0) is 13.0 Å². The van der Waals surface area contributed by atoms with Crippen LogP contribution in [0.4, 0.5) is 5.13 Å². The number of aryl methyl sites for hydroxylation is 2. The Bertz CT molecular complexity index is 807. The highest BCUT2D eigenvalue weighted by atomic mass is 32.1. The van der Waals surface area contributed by atoms with Crippen molar-refractivity contribution in [3.05, 3.63) is 64.7 Å². The highest BCUT2D eigenvalue weighted by Crippen LogP contribution is 2.23. The van der Waals surface area contributed by atoms with Gasteiger partial charge in [-0.3, -0.25) is 15.1 Å². The van der Waals surface area contributed by atoms with Gasteiger partial charge >= 0.3 is 0 Å². The van der Waals surface area contributed by atoms with Crippen LogP contribution >= 0.6 is 11.3 Å². The molecule has 0 aliphatic carbocycles. The zero-order chi connectivity index (χ0) is 16.2. The molecule has 0 aliphatic heterocycles. The van der Waals surface area contributed by atoms with Gasteiger partial charge < -0.3 is 4.57 Å². The molecule has 23 heavy (non-hydrogen) atoms. The monoisotopic (exact) mass is 326 g/mol. The third kappa shape index (κ3) is 3.48. The molecule has 5 nitrogen and oxygen atoms in total.